The number of carboxylic acid groups (broad SMARTS) is 1. The summed E-state index contributed by atoms with van der Waals surface area (Å²) in [6, 6.07) is 2.81. The molecule has 0 saturated heterocycles. The molecule has 3 N–H and O–H groups in total. The van der Waals surface area contributed by atoms with E-state index < -0.39 is 17.9 Å². The highest BCUT2D eigenvalue weighted by Crippen LogP contribution is 2.12. The third kappa shape index (κ3) is 6.11. The summed E-state index contributed by atoms with van der Waals surface area (Å²) in [5.41, 5.74) is 0.504. The van der Waals surface area contributed by atoms with Crippen molar-refractivity contribution in [3.05, 3.63) is 18.3 Å². The van der Waals surface area contributed by atoms with Gasteiger partial charge in [-0.15, -0.1) is 0 Å². The van der Waals surface area contributed by atoms with E-state index in [1.807, 2.05) is 13.8 Å². The highest BCUT2D eigenvalue weighted by molar-refractivity contribution is 5.89. The first-order valence-corrected chi connectivity index (χ1v) is 6.70. The third-order valence-electron chi connectivity index (χ3n) is 2.82. The third-order valence-corrected chi connectivity index (χ3v) is 2.82. The van der Waals surface area contributed by atoms with Crippen LogP contribution in [0.15, 0.2) is 18.3 Å². The number of anilines is 1. The molecule has 0 aromatic carbocycles. The van der Waals surface area contributed by atoms with E-state index in [9.17, 15) is 9.59 Å². The van der Waals surface area contributed by atoms with Crippen molar-refractivity contribution in [3.8, 4) is 5.88 Å². The van der Waals surface area contributed by atoms with Gasteiger partial charge in [0, 0.05) is 12.6 Å². The number of carbonyl (C=O) groups excluding carboxylic acids is 1. The van der Waals surface area contributed by atoms with Crippen LogP contribution in [-0.4, -0.2) is 35.7 Å². The lowest BCUT2D eigenvalue weighted by molar-refractivity contribution is -0.142. The number of nitrogens with zero attached hydrogens (tertiary/aromatic N) is 1. The number of pyridine rings is 1. The van der Waals surface area contributed by atoms with Gasteiger partial charge in [-0.2, -0.15) is 0 Å². The van der Waals surface area contributed by atoms with Crippen molar-refractivity contribution >= 4 is 17.7 Å². The lowest BCUT2D eigenvalue weighted by Crippen LogP contribution is -2.36. The van der Waals surface area contributed by atoms with Gasteiger partial charge in [0.25, 0.3) is 0 Å². The molecule has 1 atom stereocenters. The molecule has 0 spiro atoms. The quantitative estimate of drug-likeness (QED) is 0.714. The molecular formula is C14H21N3O4. The zero-order valence-corrected chi connectivity index (χ0v) is 12.4. The molecule has 0 radical (unpaired) electrons. The summed E-state index contributed by atoms with van der Waals surface area (Å²) < 4.78 is 4.91. The summed E-state index contributed by atoms with van der Waals surface area (Å²) in [5, 5.41) is 14.2. The Labute approximate surface area is 123 Å². The Morgan fingerprint density at radius 2 is 2.10 bits per heavy atom. The van der Waals surface area contributed by atoms with Gasteiger partial charge in [0.2, 0.25) is 5.88 Å². The van der Waals surface area contributed by atoms with Crippen molar-refractivity contribution in [2.75, 3.05) is 19.0 Å². The van der Waals surface area contributed by atoms with Crippen molar-refractivity contribution < 1.29 is 19.4 Å². The number of nitrogens with one attached hydrogen (secondary N) is 2. The van der Waals surface area contributed by atoms with Crippen molar-refractivity contribution in [1.29, 1.82) is 0 Å². The van der Waals surface area contributed by atoms with Crippen LogP contribution in [0, 0.1) is 11.8 Å². The van der Waals surface area contributed by atoms with Crippen LogP contribution in [0.5, 0.6) is 5.88 Å². The minimum atomic E-state index is -0.907. The zero-order valence-electron chi connectivity index (χ0n) is 12.4. The fraction of sp³-hybridized carbons (Fsp3) is 0.500. The lowest BCUT2D eigenvalue weighted by Gasteiger charge is -2.15. The zero-order chi connectivity index (χ0) is 15.8. The molecule has 1 unspecified atom stereocenters. The average molecular weight is 295 g/mol. The Balaban J connectivity index is 2.46. The summed E-state index contributed by atoms with van der Waals surface area (Å²) in [7, 11) is 1.50. The van der Waals surface area contributed by atoms with Crippen LogP contribution in [0.1, 0.15) is 20.3 Å². The Morgan fingerprint density at radius 3 is 2.57 bits per heavy atom. The number of hydrogen-bond acceptors (Lipinski definition) is 4. The van der Waals surface area contributed by atoms with E-state index in [1.165, 1.54) is 13.3 Å². The summed E-state index contributed by atoms with van der Waals surface area (Å²) in [6.07, 6.45) is 1.97. The molecule has 0 fully saturated rings. The number of urea groups is 1. The fourth-order valence-electron chi connectivity index (χ4n) is 1.81. The Hall–Kier alpha value is -2.31. The van der Waals surface area contributed by atoms with Gasteiger partial charge in [-0.1, -0.05) is 13.8 Å². The molecule has 0 saturated carbocycles. The summed E-state index contributed by atoms with van der Waals surface area (Å²) in [6.45, 7) is 3.97. The topological polar surface area (TPSA) is 101 Å². The molecule has 116 valence electrons. The number of aromatic nitrogens is 1. The van der Waals surface area contributed by atoms with Crippen LogP contribution >= 0.6 is 0 Å². The summed E-state index contributed by atoms with van der Waals surface area (Å²) >= 11 is 0. The summed E-state index contributed by atoms with van der Waals surface area (Å²) in [4.78, 5) is 26.7. The maximum absolute atomic E-state index is 11.7. The van der Waals surface area contributed by atoms with E-state index in [0.29, 0.717) is 18.0 Å². The predicted molar refractivity (Wildman–Crippen MR) is 78.4 cm³/mol. The fourth-order valence-corrected chi connectivity index (χ4v) is 1.81. The molecule has 7 heteroatoms. The monoisotopic (exact) mass is 295 g/mol. The largest absolute Gasteiger partial charge is 0.481 e. The van der Waals surface area contributed by atoms with Crippen LogP contribution in [-0.2, 0) is 4.79 Å². The van der Waals surface area contributed by atoms with Crippen LogP contribution < -0.4 is 15.4 Å². The average Bonchev–Trinajstić information content (AvgIpc) is 2.43. The second kappa shape index (κ2) is 8.08. The number of methoxy groups -OCH3 is 1. The van der Waals surface area contributed by atoms with E-state index in [4.69, 9.17) is 9.84 Å². The SMILES string of the molecule is COc1ccc(NC(=O)NCC(CC(C)C)C(=O)O)cn1. The maximum Gasteiger partial charge on any atom is 0.319 e. The Bertz CT molecular complexity index is 474. The molecule has 0 aliphatic rings. The van der Waals surface area contributed by atoms with Crippen molar-refractivity contribution in [2.24, 2.45) is 11.8 Å². The smallest absolute Gasteiger partial charge is 0.319 e. The van der Waals surface area contributed by atoms with Gasteiger partial charge >= 0.3 is 12.0 Å². The van der Waals surface area contributed by atoms with Gasteiger partial charge in [0.05, 0.1) is 24.9 Å². The number of amides is 2. The number of carboxylic acids is 1. The second-order valence-electron chi connectivity index (χ2n) is 5.09. The standard InChI is InChI=1S/C14H21N3O4/c1-9(2)6-10(13(18)19)7-16-14(20)17-11-4-5-12(21-3)15-8-11/h4-5,8-10H,6-7H2,1-3H3,(H,18,19)(H2,16,17,20). The maximum atomic E-state index is 11.7. The van der Waals surface area contributed by atoms with E-state index in [-0.39, 0.29) is 12.5 Å². The number of hydrogen-bond donors (Lipinski definition) is 3. The van der Waals surface area contributed by atoms with Gasteiger partial charge in [-0.3, -0.25) is 4.79 Å². The van der Waals surface area contributed by atoms with Gasteiger partial charge in [-0.25, -0.2) is 9.78 Å². The highest BCUT2D eigenvalue weighted by atomic mass is 16.5. The Kier molecular flexibility index (Phi) is 6.45. The minimum Gasteiger partial charge on any atom is -0.481 e. The van der Waals surface area contributed by atoms with Crippen LogP contribution in [0.4, 0.5) is 10.5 Å². The van der Waals surface area contributed by atoms with E-state index in [1.54, 1.807) is 12.1 Å². The number of rotatable bonds is 7. The minimum absolute atomic E-state index is 0.0862. The molecule has 21 heavy (non-hydrogen) atoms. The molecule has 2 amide bonds. The number of ether oxygens (including phenoxy) is 1. The molecule has 0 bridgehead atoms. The Morgan fingerprint density at radius 1 is 1.38 bits per heavy atom. The molecule has 0 aliphatic heterocycles. The van der Waals surface area contributed by atoms with Crippen molar-refractivity contribution in [1.82, 2.24) is 10.3 Å². The van der Waals surface area contributed by atoms with Gasteiger partial charge < -0.3 is 20.5 Å². The van der Waals surface area contributed by atoms with Crippen LogP contribution in [0.2, 0.25) is 0 Å². The summed E-state index contributed by atoms with van der Waals surface area (Å²) in [5.74, 6) is -0.801. The van der Waals surface area contributed by atoms with Crippen molar-refractivity contribution in [2.45, 2.75) is 20.3 Å². The molecule has 1 heterocycles. The van der Waals surface area contributed by atoms with Gasteiger partial charge in [0.1, 0.15) is 0 Å². The molecular weight excluding hydrogens is 274 g/mol. The predicted octanol–water partition coefficient (Wildman–Crippen LogP) is 1.96. The van der Waals surface area contributed by atoms with Crippen LogP contribution in [0.25, 0.3) is 0 Å². The molecule has 1 rings (SSSR count). The normalized spacial score (nSPS) is 11.8. The van der Waals surface area contributed by atoms with Crippen LogP contribution in [0.3, 0.4) is 0 Å². The van der Waals surface area contributed by atoms with Gasteiger partial charge in [0.15, 0.2) is 0 Å². The van der Waals surface area contributed by atoms with E-state index in [0.717, 1.165) is 0 Å². The molecule has 1 aromatic heterocycles. The number of aliphatic carboxylic acids is 1. The lowest BCUT2D eigenvalue weighted by atomic mass is 9.97. The van der Waals surface area contributed by atoms with E-state index >= 15 is 0 Å². The first kappa shape index (κ1) is 16.7. The van der Waals surface area contributed by atoms with E-state index in [2.05, 4.69) is 15.6 Å². The molecule has 0 aliphatic carbocycles. The first-order valence-electron chi connectivity index (χ1n) is 6.70. The highest BCUT2D eigenvalue weighted by Gasteiger charge is 2.19. The number of carbonyl (C=O) groups is 2. The molecule has 1 aromatic rings. The van der Waals surface area contributed by atoms with Crippen molar-refractivity contribution in [3.63, 3.8) is 0 Å². The molecule has 7 nitrogen and oxygen atoms in total. The first-order chi connectivity index (χ1) is 9.92. The van der Waals surface area contributed by atoms with Gasteiger partial charge in [-0.05, 0) is 18.4 Å². The second-order valence-corrected chi connectivity index (χ2v) is 5.09.